The highest BCUT2D eigenvalue weighted by Crippen LogP contribution is 2.15. The van der Waals surface area contributed by atoms with E-state index >= 15 is 0 Å². The van der Waals surface area contributed by atoms with Gasteiger partial charge in [0.25, 0.3) is 0 Å². The fourth-order valence-electron chi connectivity index (χ4n) is 2.09. The minimum Gasteiger partial charge on any atom is -0.380 e. The summed E-state index contributed by atoms with van der Waals surface area (Å²) >= 11 is 0. The first-order valence-electron chi connectivity index (χ1n) is 6.70. The van der Waals surface area contributed by atoms with Crippen LogP contribution in [0.1, 0.15) is 12.0 Å². The summed E-state index contributed by atoms with van der Waals surface area (Å²) in [6.07, 6.45) is 0.0761. The van der Waals surface area contributed by atoms with Crippen molar-refractivity contribution in [3.63, 3.8) is 0 Å². The number of fused-ring (bicyclic) bond motifs is 1. The number of carbonyl (C=O) groups is 1. The number of methoxy groups -OCH3 is 1. The fourth-order valence-corrected chi connectivity index (χ4v) is 2.09. The van der Waals surface area contributed by atoms with Crippen molar-refractivity contribution in [2.75, 3.05) is 13.7 Å². The Morgan fingerprint density at radius 3 is 2.70 bits per heavy atom. The van der Waals surface area contributed by atoms with Crippen molar-refractivity contribution in [2.24, 2.45) is 5.73 Å². The molecular weight excluding hydrogens is 252 g/mol. The molecule has 0 aliphatic rings. The first-order valence-corrected chi connectivity index (χ1v) is 6.70. The second kappa shape index (κ2) is 7.03. The van der Waals surface area contributed by atoms with E-state index in [9.17, 15) is 4.79 Å². The molecule has 1 amide bonds. The molecule has 0 aliphatic carbocycles. The van der Waals surface area contributed by atoms with Crippen molar-refractivity contribution in [3.8, 4) is 0 Å². The van der Waals surface area contributed by atoms with Crippen molar-refractivity contribution >= 4 is 16.7 Å². The Bertz CT molecular complexity index is 579. The van der Waals surface area contributed by atoms with Gasteiger partial charge in [-0.3, -0.25) is 4.79 Å². The number of nitrogens with two attached hydrogens (primary N) is 1. The van der Waals surface area contributed by atoms with E-state index in [2.05, 4.69) is 29.6 Å². The normalized spacial score (nSPS) is 12.3. The van der Waals surface area contributed by atoms with Gasteiger partial charge in [0.15, 0.2) is 0 Å². The van der Waals surface area contributed by atoms with Gasteiger partial charge in [0.2, 0.25) is 5.91 Å². The van der Waals surface area contributed by atoms with Crippen LogP contribution in [0, 0.1) is 0 Å². The molecule has 0 saturated carbocycles. The van der Waals surface area contributed by atoms with Gasteiger partial charge in [-0.25, -0.2) is 0 Å². The molecule has 20 heavy (non-hydrogen) atoms. The zero-order chi connectivity index (χ0) is 14.4. The van der Waals surface area contributed by atoms with Crippen molar-refractivity contribution in [1.82, 2.24) is 5.32 Å². The third-order valence-corrected chi connectivity index (χ3v) is 3.31. The van der Waals surface area contributed by atoms with E-state index < -0.39 is 0 Å². The fraction of sp³-hybridized carbons (Fsp3) is 0.312. The summed E-state index contributed by atoms with van der Waals surface area (Å²) in [5.74, 6) is -0.0459. The second-order valence-corrected chi connectivity index (χ2v) is 4.76. The smallest absolute Gasteiger partial charge is 0.222 e. The lowest BCUT2D eigenvalue weighted by molar-refractivity contribution is -0.123. The molecule has 106 valence electrons. The summed E-state index contributed by atoms with van der Waals surface area (Å²) in [6, 6.07) is 14.3. The van der Waals surface area contributed by atoms with Crippen LogP contribution in [0.25, 0.3) is 10.8 Å². The van der Waals surface area contributed by atoms with Crippen LogP contribution in [0.2, 0.25) is 0 Å². The molecule has 0 bridgehead atoms. The molecule has 1 unspecified atom stereocenters. The molecule has 0 radical (unpaired) electrons. The molecule has 0 fully saturated rings. The van der Waals surface area contributed by atoms with Gasteiger partial charge >= 0.3 is 0 Å². The van der Waals surface area contributed by atoms with Crippen LogP contribution >= 0.6 is 0 Å². The highest BCUT2D eigenvalue weighted by molar-refractivity contribution is 5.83. The monoisotopic (exact) mass is 272 g/mol. The van der Waals surface area contributed by atoms with Gasteiger partial charge in [0.1, 0.15) is 0 Å². The van der Waals surface area contributed by atoms with E-state index in [4.69, 9.17) is 10.5 Å². The minimum absolute atomic E-state index is 0.0459. The van der Waals surface area contributed by atoms with E-state index in [0.717, 1.165) is 5.56 Å². The average Bonchev–Trinajstić information content (AvgIpc) is 2.50. The lowest BCUT2D eigenvalue weighted by Gasteiger charge is -2.12. The van der Waals surface area contributed by atoms with E-state index in [0.29, 0.717) is 19.5 Å². The Morgan fingerprint density at radius 2 is 2.00 bits per heavy atom. The lowest BCUT2D eigenvalue weighted by Crippen LogP contribution is -2.31. The number of hydrogen-bond acceptors (Lipinski definition) is 3. The predicted octanol–water partition coefficient (Wildman–Crippen LogP) is 1.82. The number of carbonyl (C=O) groups excluding carboxylic acids is 1. The summed E-state index contributed by atoms with van der Waals surface area (Å²) in [6.45, 7) is 0.866. The molecule has 0 heterocycles. The zero-order valence-corrected chi connectivity index (χ0v) is 11.6. The number of rotatable bonds is 6. The van der Waals surface area contributed by atoms with E-state index in [1.165, 1.54) is 10.8 Å². The number of nitrogens with one attached hydrogen (secondary N) is 1. The molecule has 4 nitrogen and oxygen atoms in total. The molecule has 0 spiro atoms. The third-order valence-electron chi connectivity index (χ3n) is 3.31. The van der Waals surface area contributed by atoms with Crippen LogP contribution in [0.5, 0.6) is 0 Å². The van der Waals surface area contributed by atoms with Crippen molar-refractivity contribution in [3.05, 3.63) is 48.0 Å². The van der Waals surface area contributed by atoms with Crippen LogP contribution in [0.3, 0.4) is 0 Å². The van der Waals surface area contributed by atoms with Crippen LogP contribution in [0.4, 0.5) is 0 Å². The molecule has 3 N–H and O–H groups in total. The summed E-state index contributed by atoms with van der Waals surface area (Å²) in [4.78, 5) is 11.8. The second-order valence-electron chi connectivity index (χ2n) is 4.76. The maximum absolute atomic E-state index is 11.8. The predicted molar refractivity (Wildman–Crippen MR) is 80.3 cm³/mol. The molecule has 2 aromatic rings. The Kier molecular flexibility index (Phi) is 5.09. The Labute approximate surface area is 118 Å². The minimum atomic E-state index is -0.216. The van der Waals surface area contributed by atoms with E-state index in [-0.39, 0.29) is 12.0 Å². The quantitative estimate of drug-likeness (QED) is 0.843. The van der Waals surface area contributed by atoms with Crippen molar-refractivity contribution in [2.45, 2.75) is 19.1 Å². The molecule has 0 aromatic heterocycles. The molecule has 4 heteroatoms. The molecule has 0 aliphatic heterocycles. The van der Waals surface area contributed by atoms with Crippen molar-refractivity contribution < 1.29 is 9.53 Å². The maximum atomic E-state index is 11.8. The number of hydrogen-bond donors (Lipinski definition) is 2. The Morgan fingerprint density at radius 1 is 1.25 bits per heavy atom. The van der Waals surface area contributed by atoms with Gasteiger partial charge in [0, 0.05) is 20.2 Å². The summed E-state index contributed by atoms with van der Waals surface area (Å²) in [5, 5.41) is 5.26. The molecular formula is C16H20N2O2. The first-order chi connectivity index (χ1) is 9.72. The standard InChI is InChI=1S/C16H20N2O2/c1-20-15(10-17)9-16(19)18-11-12-6-7-13-4-2-3-5-14(13)8-12/h2-8,15H,9-11,17H2,1H3,(H,18,19). The molecule has 2 aromatic carbocycles. The molecule has 0 saturated heterocycles. The summed E-state index contributed by atoms with van der Waals surface area (Å²) in [5.41, 5.74) is 6.58. The summed E-state index contributed by atoms with van der Waals surface area (Å²) < 4.78 is 5.09. The Hall–Kier alpha value is -1.91. The number of benzene rings is 2. The molecule has 1 atom stereocenters. The van der Waals surface area contributed by atoms with Crippen LogP contribution in [-0.4, -0.2) is 25.7 Å². The van der Waals surface area contributed by atoms with Gasteiger partial charge < -0.3 is 15.8 Å². The SMILES string of the molecule is COC(CN)CC(=O)NCc1ccc2ccccc2c1. The number of amides is 1. The largest absolute Gasteiger partial charge is 0.380 e. The van der Waals surface area contributed by atoms with Crippen LogP contribution < -0.4 is 11.1 Å². The van der Waals surface area contributed by atoms with Crippen molar-refractivity contribution in [1.29, 1.82) is 0 Å². The average molecular weight is 272 g/mol. The highest BCUT2D eigenvalue weighted by atomic mass is 16.5. The summed E-state index contributed by atoms with van der Waals surface area (Å²) in [7, 11) is 1.56. The lowest BCUT2D eigenvalue weighted by atomic mass is 10.1. The maximum Gasteiger partial charge on any atom is 0.222 e. The van der Waals surface area contributed by atoms with E-state index in [1.54, 1.807) is 7.11 Å². The third kappa shape index (κ3) is 3.79. The van der Waals surface area contributed by atoms with Gasteiger partial charge in [-0.05, 0) is 22.4 Å². The Balaban J connectivity index is 1.93. The van der Waals surface area contributed by atoms with E-state index in [1.807, 2.05) is 18.2 Å². The highest BCUT2D eigenvalue weighted by Gasteiger charge is 2.10. The van der Waals surface area contributed by atoms with Gasteiger partial charge in [0.05, 0.1) is 12.5 Å². The topological polar surface area (TPSA) is 64.3 Å². The van der Waals surface area contributed by atoms with Gasteiger partial charge in [-0.2, -0.15) is 0 Å². The first kappa shape index (κ1) is 14.5. The van der Waals surface area contributed by atoms with Gasteiger partial charge in [-0.1, -0.05) is 36.4 Å². The molecule has 2 rings (SSSR count). The number of ether oxygens (including phenoxy) is 1. The van der Waals surface area contributed by atoms with Crippen LogP contribution in [-0.2, 0) is 16.1 Å². The van der Waals surface area contributed by atoms with Gasteiger partial charge in [-0.15, -0.1) is 0 Å². The van der Waals surface area contributed by atoms with Crippen LogP contribution in [0.15, 0.2) is 42.5 Å². The zero-order valence-electron chi connectivity index (χ0n) is 11.6.